The van der Waals surface area contributed by atoms with E-state index in [0.29, 0.717) is 17.9 Å². The number of esters is 1. The number of halogens is 1. The van der Waals surface area contributed by atoms with Gasteiger partial charge in [-0.05, 0) is 46.6 Å². The van der Waals surface area contributed by atoms with E-state index in [-0.39, 0.29) is 5.97 Å². The number of hydrogen-bond donors (Lipinski definition) is 0. The highest BCUT2D eigenvalue weighted by molar-refractivity contribution is 9.10. The van der Waals surface area contributed by atoms with Crippen molar-refractivity contribution in [3.8, 4) is 5.75 Å². The standard InChI is InChI=1S/C12H13BrO3/c1-8(2)7-16-11-5-4-9(6-10(11)13)12(14)15-3/h4-6H,1,7H2,2-3H3. The minimum Gasteiger partial charge on any atom is -0.488 e. The van der Waals surface area contributed by atoms with Crippen LogP contribution in [0.2, 0.25) is 0 Å². The second-order valence-corrected chi connectivity index (χ2v) is 4.24. The minimum atomic E-state index is -0.368. The first kappa shape index (κ1) is 12.8. The Morgan fingerprint density at radius 1 is 1.50 bits per heavy atom. The molecular formula is C12H13BrO3. The molecule has 4 heteroatoms. The van der Waals surface area contributed by atoms with Crippen LogP contribution in [-0.2, 0) is 4.74 Å². The fraction of sp³-hybridized carbons (Fsp3) is 0.250. The lowest BCUT2D eigenvalue weighted by Crippen LogP contribution is -2.02. The second kappa shape index (κ2) is 5.70. The van der Waals surface area contributed by atoms with E-state index in [9.17, 15) is 4.79 Å². The molecule has 0 saturated heterocycles. The molecule has 1 aromatic carbocycles. The first-order valence-corrected chi connectivity index (χ1v) is 5.49. The largest absolute Gasteiger partial charge is 0.488 e. The van der Waals surface area contributed by atoms with Crippen molar-refractivity contribution in [2.24, 2.45) is 0 Å². The molecule has 0 amide bonds. The van der Waals surface area contributed by atoms with Crippen LogP contribution in [0.25, 0.3) is 0 Å². The Morgan fingerprint density at radius 3 is 2.69 bits per heavy atom. The number of methoxy groups -OCH3 is 1. The lowest BCUT2D eigenvalue weighted by atomic mass is 10.2. The first-order valence-electron chi connectivity index (χ1n) is 4.69. The molecule has 0 aliphatic carbocycles. The number of ether oxygens (including phenoxy) is 2. The summed E-state index contributed by atoms with van der Waals surface area (Å²) in [6, 6.07) is 5.04. The molecule has 0 fully saturated rings. The van der Waals surface area contributed by atoms with Crippen molar-refractivity contribution in [3.63, 3.8) is 0 Å². The molecule has 1 rings (SSSR count). The maximum absolute atomic E-state index is 11.2. The van der Waals surface area contributed by atoms with Gasteiger partial charge in [0, 0.05) is 0 Å². The van der Waals surface area contributed by atoms with Crippen LogP contribution in [0.4, 0.5) is 0 Å². The lowest BCUT2D eigenvalue weighted by molar-refractivity contribution is 0.0600. The van der Waals surface area contributed by atoms with Gasteiger partial charge in [0.2, 0.25) is 0 Å². The molecule has 0 saturated carbocycles. The highest BCUT2D eigenvalue weighted by Crippen LogP contribution is 2.26. The summed E-state index contributed by atoms with van der Waals surface area (Å²) < 4.78 is 10.8. The van der Waals surface area contributed by atoms with Crippen LogP contribution >= 0.6 is 15.9 Å². The van der Waals surface area contributed by atoms with E-state index in [4.69, 9.17) is 4.74 Å². The molecule has 0 N–H and O–H groups in total. The van der Waals surface area contributed by atoms with E-state index in [1.807, 2.05) is 6.92 Å². The molecule has 0 unspecified atom stereocenters. The smallest absolute Gasteiger partial charge is 0.337 e. The van der Waals surface area contributed by atoms with Crippen molar-refractivity contribution in [2.75, 3.05) is 13.7 Å². The van der Waals surface area contributed by atoms with Gasteiger partial charge in [0.05, 0.1) is 17.1 Å². The average molecular weight is 285 g/mol. The lowest BCUT2D eigenvalue weighted by Gasteiger charge is -2.08. The monoisotopic (exact) mass is 284 g/mol. The van der Waals surface area contributed by atoms with E-state index in [1.54, 1.807) is 18.2 Å². The van der Waals surface area contributed by atoms with Gasteiger partial charge in [-0.2, -0.15) is 0 Å². The number of carbonyl (C=O) groups excluding carboxylic acids is 1. The summed E-state index contributed by atoms with van der Waals surface area (Å²) in [6.45, 7) is 6.08. The second-order valence-electron chi connectivity index (χ2n) is 3.38. The van der Waals surface area contributed by atoms with Gasteiger partial charge in [0.15, 0.2) is 0 Å². The predicted molar refractivity (Wildman–Crippen MR) is 65.8 cm³/mol. The summed E-state index contributed by atoms with van der Waals surface area (Å²) in [6.07, 6.45) is 0. The molecule has 0 bridgehead atoms. The molecule has 0 aromatic heterocycles. The quantitative estimate of drug-likeness (QED) is 0.629. The van der Waals surface area contributed by atoms with Crippen molar-refractivity contribution in [2.45, 2.75) is 6.92 Å². The summed E-state index contributed by atoms with van der Waals surface area (Å²) in [4.78, 5) is 11.2. The number of benzene rings is 1. The molecule has 0 spiro atoms. The maximum atomic E-state index is 11.2. The number of rotatable bonds is 4. The molecule has 86 valence electrons. The third kappa shape index (κ3) is 3.38. The Morgan fingerprint density at radius 2 is 2.19 bits per heavy atom. The van der Waals surface area contributed by atoms with Gasteiger partial charge < -0.3 is 9.47 Å². The van der Waals surface area contributed by atoms with E-state index >= 15 is 0 Å². The van der Waals surface area contributed by atoms with Crippen molar-refractivity contribution in [1.29, 1.82) is 0 Å². The highest BCUT2D eigenvalue weighted by atomic mass is 79.9. The van der Waals surface area contributed by atoms with Gasteiger partial charge in [0.1, 0.15) is 12.4 Å². The fourth-order valence-electron chi connectivity index (χ4n) is 1.06. The summed E-state index contributed by atoms with van der Waals surface area (Å²) in [5.41, 5.74) is 1.42. The van der Waals surface area contributed by atoms with E-state index in [0.717, 1.165) is 10.0 Å². The average Bonchev–Trinajstić information content (AvgIpc) is 2.26. The zero-order valence-electron chi connectivity index (χ0n) is 9.25. The SMILES string of the molecule is C=C(C)COc1ccc(C(=O)OC)cc1Br. The molecular weight excluding hydrogens is 272 g/mol. The van der Waals surface area contributed by atoms with Crippen LogP contribution in [0.15, 0.2) is 34.8 Å². The normalized spacial score (nSPS) is 9.69. The zero-order chi connectivity index (χ0) is 12.1. The number of carbonyl (C=O) groups is 1. The zero-order valence-corrected chi connectivity index (χ0v) is 10.8. The summed E-state index contributed by atoms with van der Waals surface area (Å²) in [5, 5.41) is 0. The van der Waals surface area contributed by atoms with Crippen molar-refractivity contribution in [1.82, 2.24) is 0 Å². The maximum Gasteiger partial charge on any atom is 0.337 e. The topological polar surface area (TPSA) is 35.5 Å². The molecule has 0 radical (unpaired) electrons. The third-order valence-corrected chi connectivity index (χ3v) is 2.45. The van der Waals surface area contributed by atoms with Gasteiger partial charge in [0.25, 0.3) is 0 Å². The van der Waals surface area contributed by atoms with Gasteiger partial charge in [-0.25, -0.2) is 4.79 Å². The first-order chi connectivity index (χ1) is 7.54. The minimum absolute atomic E-state index is 0.368. The number of hydrogen-bond acceptors (Lipinski definition) is 3. The van der Waals surface area contributed by atoms with Crippen molar-refractivity contribution < 1.29 is 14.3 Å². The summed E-state index contributed by atoms with van der Waals surface area (Å²) in [7, 11) is 1.35. The Balaban J connectivity index is 2.83. The highest BCUT2D eigenvalue weighted by Gasteiger charge is 2.08. The Kier molecular flexibility index (Phi) is 4.55. The molecule has 16 heavy (non-hydrogen) atoms. The van der Waals surface area contributed by atoms with Gasteiger partial charge in [-0.3, -0.25) is 0 Å². The molecule has 0 aliphatic heterocycles. The van der Waals surface area contributed by atoms with Crippen LogP contribution in [0.1, 0.15) is 17.3 Å². The van der Waals surface area contributed by atoms with Crippen molar-refractivity contribution >= 4 is 21.9 Å². The Hall–Kier alpha value is -1.29. The van der Waals surface area contributed by atoms with Gasteiger partial charge in [-0.1, -0.05) is 6.58 Å². The molecule has 0 atom stereocenters. The van der Waals surface area contributed by atoms with Crippen LogP contribution < -0.4 is 4.74 Å². The Labute approximate surface area is 103 Å². The van der Waals surface area contributed by atoms with E-state index < -0.39 is 0 Å². The van der Waals surface area contributed by atoms with Gasteiger partial charge >= 0.3 is 5.97 Å². The van der Waals surface area contributed by atoms with Crippen molar-refractivity contribution in [3.05, 3.63) is 40.4 Å². The van der Waals surface area contributed by atoms with Gasteiger partial charge in [-0.15, -0.1) is 0 Å². The molecule has 0 heterocycles. The third-order valence-electron chi connectivity index (χ3n) is 1.83. The summed E-state index contributed by atoms with van der Waals surface area (Å²) >= 11 is 3.33. The predicted octanol–water partition coefficient (Wildman–Crippen LogP) is 3.19. The molecule has 0 aliphatic rings. The summed E-state index contributed by atoms with van der Waals surface area (Å²) in [5.74, 6) is 0.308. The van der Waals surface area contributed by atoms with Crippen LogP contribution in [0.3, 0.4) is 0 Å². The fourth-order valence-corrected chi connectivity index (χ4v) is 1.56. The van der Waals surface area contributed by atoms with Crippen LogP contribution in [-0.4, -0.2) is 19.7 Å². The molecule has 1 aromatic rings. The van der Waals surface area contributed by atoms with Crippen LogP contribution in [0.5, 0.6) is 5.75 Å². The van der Waals surface area contributed by atoms with E-state index in [1.165, 1.54) is 7.11 Å². The Bertz CT molecular complexity index is 413. The molecule has 3 nitrogen and oxygen atoms in total. The van der Waals surface area contributed by atoms with Crippen LogP contribution in [0, 0.1) is 0 Å². The van der Waals surface area contributed by atoms with E-state index in [2.05, 4.69) is 27.2 Å².